The predicted molar refractivity (Wildman–Crippen MR) is 168 cm³/mol. The van der Waals surface area contributed by atoms with Crippen LogP contribution in [0.2, 0.25) is 0 Å². The van der Waals surface area contributed by atoms with Crippen molar-refractivity contribution in [1.29, 1.82) is 0 Å². The van der Waals surface area contributed by atoms with E-state index in [1.165, 1.54) is 6.26 Å². The second kappa shape index (κ2) is 11.4. The van der Waals surface area contributed by atoms with Gasteiger partial charge in [0.1, 0.15) is 0 Å². The van der Waals surface area contributed by atoms with Crippen molar-refractivity contribution in [2.24, 2.45) is 0 Å². The lowest BCUT2D eigenvalue weighted by atomic mass is 9.92. The van der Waals surface area contributed by atoms with Gasteiger partial charge in [-0.25, -0.2) is 16.8 Å². The summed E-state index contributed by atoms with van der Waals surface area (Å²) in [6.45, 7) is 5.13. The fraction of sp³-hybridized carbons (Fsp3) is 0.194. The Bertz CT molecular complexity index is 2030. The maximum absolute atomic E-state index is 12.7. The zero-order valence-electron chi connectivity index (χ0n) is 23.7. The van der Waals surface area contributed by atoms with Gasteiger partial charge >= 0.3 is 0 Å². The molecule has 218 valence electrons. The van der Waals surface area contributed by atoms with Crippen LogP contribution in [-0.2, 0) is 24.4 Å². The Hall–Kier alpha value is -3.86. The third-order valence-corrected chi connectivity index (χ3v) is 10.4. The average Bonchev–Trinajstić information content (AvgIpc) is 3.36. The summed E-state index contributed by atoms with van der Waals surface area (Å²) in [5.74, 6) is 0.763. The number of aryl methyl sites for hydroxylation is 1. The Morgan fingerprint density at radius 2 is 1.62 bits per heavy atom. The number of hydrogen-bond acceptors (Lipinski definition) is 8. The van der Waals surface area contributed by atoms with E-state index in [0.29, 0.717) is 28.4 Å². The number of nitrogens with zero attached hydrogens (tertiary/aromatic N) is 3. The molecule has 0 radical (unpaired) electrons. The number of hydrogen-bond donors (Lipinski definition) is 0. The van der Waals surface area contributed by atoms with Gasteiger partial charge in [0.15, 0.2) is 25.5 Å². The van der Waals surface area contributed by atoms with Gasteiger partial charge in [-0.05, 0) is 85.5 Å². The first-order valence-electron chi connectivity index (χ1n) is 12.8. The Morgan fingerprint density at radius 3 is 2.24 bits per heavy atom. The molecule has 5 aromatic rings. The number of rotatable bonds is 7. The first-order chi connectivity index (χ1) is 19.2. The molecule has 0 N–H and O–H groups in total. The van der Waals surface area contributed by atoms with Gasteiger partial charge in [-0.3, -0.25) is 4.98 Å². The lowest BCUT2D eigenvalue weighted by Gasteiger charge is -2.24. The molecule has 0 spiro atoms. The van der Waals surface area contributed by atoms with E-state index in [1.54, 1.807) is 51.2 Å². The van der Waals surface area contributed by atoms with E-state index < -0.39 is 24.4 Å². The minimum atomic E-state index is -3.41. The zero-order chi connectivity index (χ0) is 29.6. The van der Waals surface area contributed by atoms with E-state index in [0.717, 1.165) is 33.8 Å². The topological polar surface area (TPSA) is 120 Å². The summed E-state index contributed by atoms with van der Waals surface area (Å²) in [5, 5.41) is 4.77. The third-order valence-electron chi connectivity index (χ3n) is 7.19. The maximum Gasteiger partial charge on any atom is 0.258 e. The van der Waals surface area contributed by atoms with Crippen LogP contribution in [0.25, 0.3) is 33.7 Å². The van der Waals surface area contributed by atoms with Gasteiger partial charge in [0.05, 0.1) is 15.2 Å². The van der Waals surface area contributed by atoms with E-state index in [2.05, 4.69) is 15.1 Å². The molecule has 5 rings (SSSR count). The van der Waals surface area contributed by atoms with Crippen LogP contribution in [0.3, 0.4) is 0 Å². The highest BCUT2D eigenvalue weighted by molar-refractivity contribution is 7.91. The second-order valence-corrected chi connectivity index (χ2v) is 15.1. The van der Waals surface area contributed by atoms with Crippen molar-refractivity contribution in [3.05, 3.63) is 107 Å². The van der Waals surface area contributed by atoms with Gasteiger partial charge in [0, 0.05) is 35.2 Å². The highest BCUT2D eigenvalue weighted by Gasteiger charge is 2.33. The van der Waals surface area contributed by atoms with Crippen LogP contribution in [0.4, 0.5) is 0 Å². The highest BCUT2D eigenvalue weighted by atomic mass is 35.5. The minimum Gasteiger partial charge on any atom is -0.334 e. The number of aromatic nitrogens is 3. The quantitative estimate of drug-likeness (QED) is 0.194. The summed E-state index contributed by atoms with van der Waals surface area (Å²) in [5.41, 5.74) is 5.22. The van der Waals surface area contributed by atoms with Crippen LogP contribution >= 0.6 is 12.4 Å². The van der Waals surface area contributed by atoms with E-state index in [9.17, 15) is 16.8 Å². The average molecular weight is 624 g/mol. The van der Waals surface area contributed by atoms with Crippen molar-refractivity contribution in [3.63, 3.8) is 0 Å². The Morgan fingerprint density at radius 1 is 0.905 bits per heavy atom. The molecule has 42 heavy (non-hydrogen) atoms. The Balaban J connectivity index is 0.00000405. The SMILES string of the molecule is Cc1noc(/C(=C/c2cccc(-c3cc(C(C)(C)S(C)(=O)=O)cc4cccnc34)c2)c2ccc(S(C)(=O)=O)cc2)n1.Cl. The molecule has 2 aromatic heterocycles. The molecule has 0 fully saturated rings. The monoisotopic (exact) mass is 623 g/mol. The molecule has 0 amide bonds. The van der Waals surface area contributed by atoms with Gasteiger partial charge in [0.2, 0.25) is 0 Å². The van der Waals surface area contributed by atoms with Crippen LogP contribution in [0, 0.1) is 6.92 Å². The molecule has 0 aliphatic heterocycles. The summed E-state index contributed by atoms with van der Waals surface area (Å²) < 4.78 is 53.7. The summed E-state index contributed by atoms with van der Waals surface area (Å²) in [4.78, 5) is 9.23. The first-order valence-corrected chi connectivity index (χ1v) is 16.5. The van der Waals surface area contributed by atoms with Gasteiger partial charge < -0.3 is 4.52 Å². The van der Waals surface area contributed by atoms with Crippen LogP contribution in [0.5, 0.6) is 0 Å². The van der Waals surface area contributed by atoms with Crippen molar-refractivity contribution >= 4 is 54.6 Å². The molecule has 2 heterocycles. The molecule has 0 bridgehead atoms. The fourth-order valence-corrected chi connectivity index (χ4v) is 5.67. The lowest BCUT2D eigenvalue weighted by Crippen LogP contribution is -2.28. The maximum atomic E-state index is 12.7. The van der Waals surface area contributed by atoms with Crippen molar-refractivity contribution in [2.45, 2.75) is 30.4 Å². The molecule has 0 saturated heterocycles. The number of fused-ring (bicyclic) bond motifs is 1. The number of benzene rings is 3. The van der Waals surface area contributed by atoms with Gasteiger partial charge in [-0.15, -0.1) is 12.4 Å². The molecule has 3 aromatic carbocycles. The number of halogens is 1. The summed E-state index contributed by atoms with van der Waals surface area (Å²) >= 11 is 0. The first kappa shape index (κ1) is 31.1. The molecule has 0 atom stereocenters. The van der Waals surface area contributed by atoms with Crippen molar-refractivity contribution in [3.8, 4) is 11.1 Å². The molecule has 0 saturated carbocycles. The standard InChI is InChI=1S/C31H29N3O5S2.ClH/c1-20-33-30(39-34-20)28(22-11-13-26(14-12-22)40(4,35)36)17-21-8-6-9-23(16-21)27-19-25(31(2,3)41(5,37)38)18-24-10-7-15-32-29(24)27;/h6-19H,1-5H3;1H/b28-17+;. The van der Waals surface area contributed by atoms with Crippen LogP contribution < -0.4 is 0 Å². The number of pyridine rings is 1. The summed E-state index contributed by atoms with van der Waals surface area (Å²) in [6.07, 6.45) is 6.02. The van der Waals surface area contributed by atoms with E-state index in [4.69, 9.17) is 4.52 Å². The van der Waals surface area contributed by atoms with E-state index in [1.807, 2.05) is 54.6 Å². The molecule has 8 nitrogen and oxygen atoms in total. The normalized spacial score (nSPS) is 12.7. The van der Waals surface area contributed by atoms with Crippen molar-refractivity contribution in [1.82, 2.24) is 15.1 Å². The van der Waals surface area contributed by atoms with Crippen LogP contribution in [-0.4, -0.2) is 44.5 Å². The molecule has 0 unspecified atom stereocenters. The minimum absolute atomic E-state index is 0. The predicted octanol–water partition coefficient (Wildman–Crippen LogP) is 6.29. The van der Waals surface area contributed by atoms with Gasteiger partial charge in [-0.2, -0.15) is 4.98 Å². The summed E-state index contributed by atoms with van der Waals surface area (Å²) in [7, 11) is -6.77. The molecule has 11 heteroatoms. The van der Waals surface area contributed by atoms with E-state index in [-0.39, 0.29) is 17.3 Å². The zero-order valence-corrected chi connectivity index (χ0v) is 26.1. The van der Waals surface area contributed by atoms with Gasteiger partial charge in [-0.1, -0.05) is 41.6 Å². The third kappa shape index (κ3) is 6.16. The Labute approximate surface area is 251 Å². The number of sulfone groups is 2. The van der Waals surface area contributed by atoms with Crippen LogP contribution in [0.1, 0.15) is 42.3 Å². The lowest BCUT2D eigenvalue weighted by molar-refractivity contribution is 0.403. The van der Waals surface area contributed by atoms with Crippen LogP contribution in [0.15, 0.2) is 88.4 Å². The van der Waals surface area contributed by atoms with E-state index >= 15 is 0 Å². The fourth-order valence-electron chi connectivity index (χ4n) is 4.49. The molecular weight excluding hydrogens is 594 g/mol. The largest absolute Gasteiger partial charge is 0.334 e. The van der Waals surface area contributed by atoms with Crippen molar-refractivity contribution < 1.29 is 21.4 Å². The van der Waals surface area contributed by atoms with Crippen molar-refractivity contribution in [2.75, 3.05) is 12.5 Å². The summed E-state index contributed by atoms with van der Waals surface area (Å²) in [6, 6.07) is 21.8. The molecular formula is C31H30ClN3O5S2. The Kier molecular flexibility index (Phi) is 8.46. The van der Waals surface area contributed by atoms with Gasteiger partial charge in [0.25, 0.3) is 5.89 Å². The molecule has 0 aliphatic rings. The smallest absolute Gasteiger partial charge is 0.258 e. The highest BCUT2D eigenvalue weighted by Crippen LogP contribution is 2.37. The second-order valence-electron chi connectivity index (χ2n) is 10.5. The molecule has 0 aliphatic carbocycles.